The van der Waals surface area contributed by atoms with Crippen molar-refractivity contribution in [2.24, 2.45) is 5.92 Å². The first kappa shape index (κ1) is 8.12. The van der Waals surface area contributed by atoms with Gasteiger partial charge in [0.15, 0.2) is 0 Å². The standard InChI is InChI=1S/C8H14OS/c1-7(9)6-8-2-4-10-5-3-8/h8H,2-6H2,1H3. The molecule has 0 spiro atoms. The zero-order chi connectivity index (χ0) is 7.40. The average Bonchev–Trinajstić information content (AvgIpc) is 1.88. The normalized spacial score (nSPS) is 20.9. The van der Waals surface area contributed by atoms with Crippen LogP contribution in [0.15, 0.2) is 0 Å². The van der Waals surface area contributed by atoms with E-state index in [4.69, 9.17) is 0 Å². The molecule has 1 fully saturated rings. The quantitative estimate of drug-likeness (QED) is 0.612. The van der Waals surface area contributed by atoms with Crippen LogP contribution in [0.5, 0.6) is 0 Å². The van der Waals surface area contributed by atoms with Crippen LogP contribution in [-0.4, -0.2) is 17.3 Å². The van der Waals surface area contributed by atoms with Gasteiger partial charge in [-0.15, -0.1) is 0 Å². The molecule has 1 aliphatic heterocycles. The van der Waals surface area contributed by atoms with Gasteiger partial charge in [-0.1, -0.05) is 0 Å². The smallest absolute Gasteiger partial charge is 0.130 e. The lowest BCUT2D eigenvalue weighted by Crippen LogP contribution is -2.12. The Kier molecular flexibility index (Phi) is 3.26. The molecule has 10 heavy (non-hydrogen) atoms. The summed E-state index contributed by atoms with van der Waals surface area (Å²) < 4.78 is 0. The highest BCUT2D eigenvalue weighted by atomic mass is 32.2. The van der Waals surface area contributed by atoms with Crippen LogP contribution in [0.25, 0.3) is 0 Å². The molecule has 2 heteroatoms. The van der Waals surface area contributed by atoms with Crippen molar-refractivity contribution < 1.29 is 4.79 Å². The molecular weight excluding hydrogens is 144 g/mol. The van der Waals surface area contributed by atoms with Crippen molar-refractivity contribution in [2.45, 2.75) is 26.2 Å². The second-order valence-electron chi connectivity index (χ2n) is 2.96. The van der Waals surface area contributed by atoms with Crippen molar-refractivity contribution in [3.63, 3.8) is 0 Å². The zero-order valence-electron chi connectivity index (χ0n) is 6.43. The predicted octanol–water partition coefficient (Wildman–Crippen LogP) is 2.11. The fourth-order valence-corrected chi connectivity index (χ4v) is 2.56. The van der Waals surface area contributed by atoms with Crippen LogP contribution >= 0.6 is 11.8 Å². The van der Waals surface area contributed by atoms with Gasteiger partial charge in [-0.05, 0) is 37.2 Å². The van der Waals surface area contributed by atoms with Gasteiger partial charge in [0, 0.05) is 6.42 Å². The van der Waals surface area contributed by atoms with E-state index < -0.39 is 0 Å². The Balaban J connectivity index is 2.19. The van der Waals surface area contributed by atoms with Gasteiger partial charge in [0.05, 0.1) is 0 Å². The highest BCUT2D eigenvalue weighted by Crippen LogP contribution is 2.25. The van der Waals surface area contributed by atoms with Gasteiger partial charge in [-0.2, -0.15) is 11.8 Å². The Morgan fingerprint density at radius 3 is 2.60 bits per heavy atom. The van der Waals surface area contributed by atoms with Crippen LogP contribution in [0.3, 0.4) is 0 Å². The molecule has 1 heterocycles. The molecule has 0 aromatic carbocycles. The van der Waals surface area contributed by atoms with Crippen LogP contribution in [0.1, 0.15) is 26.2 Å². The Morgan fingerprint density at radius 1 is 1.50 bits per heavy atom. The van der Waals surface area contributed by atoms with E-state index in [0.717, 1.165) is 6.42 Å². The van der Waals surface area contributed by atoms with E-state index in [1.807, 2.05) is 11.8 Å². The lowest BCUT2D eigenvalue weighted by atomic mass is 9.97. The lowest BCUT2D eigenvalue weighted by Gasteiger charge is -2.19. The molecule has 0 aromatic rings. The second-order valence-corrected chi connectivity index (χ2v) is 4.19. The molecule has 0 aromatic heterocycles. The fraction of sp³-hybridized carbons (Fsp3) is 0.875. The minimum absolute atomic E-state index is 0.358. The number of Topliss-reactive ketones (excluding diaryl/α,β-unsaturated/α-hetero) is 1. The molecule has 0 atom stereocenters. The molecular formula is C8H14OS. The third-order valence-electron chi connectivity index (χ3n) is 1.92. The van der Waals surface area contributed by atoms with E-state index in [-0.39, 0.29) is 0 Å². The summed E-state index contributed by atoms with van der Waals surface area (Å²) in [6.07, 6.45) is 3.33. The number of carbonyl (C=O) groups excluding carboxylic acids is 1. The number of thioether (sulfide) groups is 1. The summed E-state index contributed by atoms with van der Waals surface area (Å²) in [6, 6.07) is 0. The van der Waals surface area contributed by atoms with Gasteiger partial charge in [0.2, 0.25) is 0 Å². The maximum Gasteiger partial charge on any atom is 0.130 e. The zero-order valence-corrected chi connectivity index (χ0v) is 7.25. The van der Waals surface area contributed by atoms with Gasteiger partial charge in [0.1, 0.15) is 5.78 Å². The monoisotopic (exact) mass is 158 g/mol. The number of carbonyl (C=O) groups is 1. The summed E-state index contributed by atoms with van der Waals surface area (Å²) in [7, 11) is 0. The predicted molar refractivity (Wildman–Crippen MR) is 45.3 cm³/mol. The summed E-state index contributed by atoms with van der Waals surface area (Å²) >= 11 is 2.01. The Labute approximate surface area is 66.6 Å². The van der Waals surface area contributed by atoms with Gasteiger partial charge in [-0.25, -0.2) is 0 Å². The minimum atomic E-state index is 0.358. The first-order chi connectivity index (χ1) is 4.79. The molecule has 58 valence electrons. The molecule has 0 saturated carbocycles. The van der Waals surface area contributed by atoms with E-state index in [9.17, 15) is 4.79 Å². The molecule has 1 rings (SSSR count). The van der Waals surface area contributed by atoms with Gasteiger partial charge in [0.25, 0.3) is 0 Å². The van der Waals surface area contributed by atoms with Crippen LogP contribution < -0.4 is 0 Å². The van der Waals surface area contributed by atoms with E-state index in [1.54, 1.807) is 6.92 Å². The second kappa shape index (κ2) is 4.02. The Hall–Kier alpha value is 0.0200. The summed E-state index contributed by atoms with van der Waals surface area (Å²) in [5.74, 6) is 3.59. The van der Waals surface area contributed by atoms with E-state index >= 15 is 0 Å². The number of ketones is 1. The SMILES string of the molecule is CC(=O)CC1CCSCC1. The molecule has 0 radical (unpaired) electrons. The topological polar surface area (TPSA) is 17.1 Å². The molecule has 0 N–H and O–H groups in total. The molecule has 1 nitrogen and oxygen atoms in total. The molecule has 0 aliphatic carbocycles. The molecule has 0 unspecified atom stereocenters. The number of hydrogen-bond donors (Lipinski definition) is 0. The van der Waals surface area contributed by atoms with E-state index in [1.165, 1.54) is 24.3 Å². The van der Waals surface area contributed by atoms with Crippen molar-refractivity contribution >= 4 is 17.5 Å². The third kappa shape index (κ3) is 2.74. The third-order valence-corrected chi connectivity index (χ3v) is 2.97. The summed E-state index contributed by atoms with van der Waals surface area (Å²) in [4.78, 5) is 10.7. The number of rotatable bonds is 2. The summed E-state index contributed by atoms with van der Waals surface area (Å²) in [5.41, 5.74) is 0. The maximum atomic E-state index is 10.7. The van der Waals surface area contributed by atoms with Gasteiger partial charge < -0.3 is 4.79 Å². The van der Waals surface area contributed by atoms with Crippen LogP contribution in [0.2, 0.25) is 0 Å². The van der Waals surface area contributed by atoms with Crippen LogP contribution in [-0.2, 0) is 4.79 Å². The highest BCUT2D eigenvalue weighted by Gasteiger charge is 2.14. The van der Waals surface area contributed by atoms with E-state index in [0.29, 0.717) is 11.7 Å². The molecule has 1 aliphatic rings. The highest BCUT2D eigenvalue weighted by molar-refractivity contribution is 7.99. The fourth-order valence-electron chi connectivity index (χ4n) is 1.36. The first-order valence-corrected chi connectivity index (χ1v) is 5.01. The Bertz CT molecular complexity index is 116. The number of hydrogen-bond acceptors (Lipinski definition) is 2. The maximum absolute atomic E-state index is 10.7. The molecule has 1 saturated heterocycles. The van der Waals surface area contributed by atoms with Gasteiger partial charge in [-0.3, -0.25) is 0 Å². The minimum Gasteiger partial charge on any atom is -0.300 e. The largest absolute Gasteiger partial charge is 0.300 e. The van der Waals surface area contributed by atoms with E-state index in [2.05, 4.69) is 0 Å². The Morgan fingerprint density at radius 2 is 2.10 bits per heavy atom. The summed E-state index contributed by atoms with van der Waals surface area (Å²) in [5, 5.41) is 0. The molecule has 0 bridgehead atoms. The van der Waals surface area contributed by atoms with Crippen LogP contribution in [0.4, 0.5) is 0 Å². The molecule has 0 amide bonds. The van der Waals surface area contributed by atoms with Crippen molar-refractivity contribution in [3.8, 4) is 0 Å². The van der Waals surface area contributed by atoms with Crippen molar-refractivity contribution in [2.75, 3.05) is 11.5 Å². The van der Waals surface area contributed by atoms with Crippen LogP contribution in [0, 0.1) is 5.92 Å². The van der Waals surface area contributed by atoms with Crippen molar-refractivity contribution in [1.29, 1.82) is 0 Å². The average molecular weight is 158 g/mol. The first-order valence-electron chi connectivity index (χ1n) is 3.86. The van der Waals surface area contributed by atoms with Crippen molar-refractivity contribution in [3.05, 3.63) is 0 Å². The lowest BCUT2D eigenvalue weighted by molar-refractivity contribution is -0.117. The summed E-state index contributed by atoms with van der Waals surface area (Å²) in [6.45, 7) is 1.70. The van der Waals surface area contributed by atoms with Crippen molar-refractivity contribution in [1.82, 2.24) is 0 Å². The van der Waals surface area contributed by atoms with Gasteiger partial charge >= 0.3 is 0 Å².